The fourth-order valence-corrected chi connectivity index (χ4v) is 3.38. The summed E-state index contributed by atoms with van der Waals surface area (Å²) in [6, 6.07) is 19.0. The van der Waals surface area contributed by atoms with Crippen molar-refractivity contribution >= 4 is 23.0 Å². The molecule has 0 atom stereocenters. The van der Waals surface area contributed by atoms with Crippen molar-refractivity contribution in [1.82, 2.24) is 15.1 Å². The van der Waals surface area contributed by atoms with Crippen LogP contribution in [0, 0.1) is 11.3 Å². The summed E-state index contributed by atoms with van der Waals surface area (Å²) in [5.41, 5.74) is 2.44. The summed E-state index contributed by atoms with van der Waals surface area (Å²) in [5.74, 6) is 0.611. The molecule has 1 N–H and O–H groups in total. The first kappa shape index (κ1) is 21.9. The minimum Gasteiger partial charge on any atom is -0.493 e. The average Bonchev–Trinajstić information content (AvgIpc) is 3.47. The molecule has 4 aromatic rings. The lowest BCUT2D eigenvalue weighted by Gasteiger charge is -2.03. The molecule has 0 aliphatic rings. The van der Waals surface area contributed by atoms with Crippen LogP contribution >= 0.6 is 0 Å². The molecule has 0 saturated heterocycles. The van der Waals surface area contributed by atoms with Gasteiger partial charge in [0.2, 0.25) is 0 Å². The van der Waals surface area contributed by atoms with Crippen molar-refractivity contribution < 1.29 is 18.7 Å². The van der Waals surface area contributed by atoms with Crippen molar-refractivity contribution in [2.75, 3.05) is 27.4 Å². The SMILES string of the molecule is COCCNC(=O)/C(C#N)=C\c1cn(-c2ccccc2)nc1-c1cc2cccc(OC)c2o1. The van der Waals surface area contributed by atoms with E-state index in [9.17, 15) is 10.1 Å². The van der Waals surface area contributed by atoms with Crippen molar-refractivity contribution in [1.29, 1.82) is 5.26 Å². The van der Waals surface area contributed by atoms with E-state index in [0.29, 0.717) is 41.5 Å². The Morgan fingerprint density at radius 2 is 2.03 bits per heavy atom. The molecule has 33 heavy (non-hydrogen) atoms. The minimum atomic E-state index is -0.487. The lowest BCUT2D eigenvalue weighted by atomic mass is 10.1. The van der Waals surface area contributed by atoms with Gasteiger partial charge in [-0.15, -0.1) is 0 Å². The van der Waals surface area contributed by atoms with Crippen LogP contribution < -0.4 is 10.1 Å². The molecule has 0 bridgehead atoms. The molecule has 0 aliphatic heterocycles. The third kappa shape index (κ3) is 4.63. The zero-order chi connectivity index (χ0) is 23.2. The fraction of sp³-hybridized carbons (Fsp3) is 0.160. The molecule has 166 valence electrons. The normalized spacial score (nSPS) is 11.4. The lowest BCUT2D eigenvalue weighted by Crippen LogP contribution is -2.27. The number of methoxy groups -OCH3 is 2. The van der Waals surface area contributed by atoms with E-state index >= 15 is 0 Å². The van der Waals surface area contributed by atoms with E-state index in [0.717, 1.165) is 11.1 Å². The summed E-state index contributed by atoms with van der Waals surface area (Å²) in [7, 11) is 3.12. The standard InChI is InChI=1S/C25H22N4O4/c1-31-12-11-27-25(30)18(15-26)13-19-16-29(20-8-4-3-5-9-20)28-23(19)22-14-17-7-6-10-21(32-2)24(17)33-22/h3-10,13-14,16H,11-12H2,1-2H3,(H,27,30)/b18-13-. The van der Waals surface area contributed by atoms with Crippen LogP contribution in [0.15, 0.2) is 70.8 Å². The smallest absolute Gasteiger partial charge is 0.262 e. The number of hydrogen-bond acceptors (Lipinski definition) is 6. The highest BCUT2D eigenvalue weighted by Gasteiger charge is 2.19. The van der Waals surface area contributed by atoms with Gasteiger partial charge in [0, 0.05) is 30.8 Å². The Balaban J connectivity index is 1.82. The summed E-state index contributed by atoms with van der Waals surface area (Å²) in [6.45, 7) is 0.649. The van der Waals surface area contributed by atoms with Crippen molar-refractivity contribution in [3.05, 3.63) is 71.9 Å². The number of benzene rings is 2. The number of furan rings is 1. The second-order valence-electron chi connectivity index (χ2n) is 7.12. The van der Waals surface area contributed by atoms with Crippen LogP contribution in [0.25, 0.3) is 34.2 Å². The van der Waals surface area contributed by atoms with Crippen LogP contribution in [0.3, 0.4) is 0 Å². The second-order valence-corrected chi connectivity index (χ2v) is 7.12. The largest absolute Gasteiger partial charge is 0.493 e. The Morgan fingerprint density at radius 1 is 1.21 bits per heavy atom. The zero-order valence-corrected chi connectivity index (χ0v) is 18.2. The number of carbonyl (C=O) groups is 1. The van der Waals surface area contributed by atoms with E-state index in [4.69, 9.17) is 19.0 Å². The molecule has 0 unspecified atom stereocenters. The van der Waals surface area contributed by atoms with E-state index in [1.54, 1.807) is 25.1 Å². The number of nitrogens with one attached hydrogen (secondary N) is 1. The summed E-state index contributed by atoms with van der Waals surface area (Å²) in [6.07, 6.45) is 3.27. The van der Waals surface area contributed by atoms with Gasteiger partial charge in [0.1, 0.15) is 17.3 Å². The molecule has 4 rings (SSSR count). The van der Waals surface area contributed by atoms with E-state index in [1.165, 1.54) is 6.08 Å². The summed E-state index contributed by atoms with van der Waals surface area (Å²) < 4.78 is 18.1. The summed E-state index contributed by atoms with van der Waals surface area (Å²) in [4.78, 5) is 12.5. The van der Waals surface area contributed by atoms with E-state index < -0.39 is 5.91 Å². The Morgan fingerprint density at radius 3 is 2.76 bits per heavy atom. The zero-order valence-electron chi connectivity index (χ0n) is 18.2. The first-order chi connectivity index (χ1) is 16.1. The third-order valence-corrected chi connectivity index (χ3v) is 4.98. The molecule has 1 amide bonds. The molecule has 8 nitrogen and oxygen atoms in total. The number of nitriles is 1. The van der Waals surface area contributed by atoms with Gasteiger partial charge in [-0.1, -0.05) is 30.3 Å². The number of nitrogens with zero attached hydrogens (tertiary/aromatic N) is 3. The number of hydrogen-bond donors (Lipinski definition) is 1. The van der Waals surface area contributed by atoms with Gasteiger partial charge in [0.15, 0.2) is 17.1 Å². The van der Waals surface area contributed by atoms with Gasteiger partial charge in [0.05, 0.1) is 19.4 Å². The Hall–Kier alpha value is -4.35. The van der Waals surface area contributed by atoms with Gasteiger partial charge < -0.3 is 19.2 Å². The van der Waals surface area contributed by atoms with Crippen molar-refractivity contribution in [2.45, 2.75) is 0 Å². The van der Waals surface area contributed by atoms with Gasteiger partial charge in [-0.05, 0) is 30.3 Å². The minimum absolute atomic E-state index is 0.0475. The number of para-hydroxylation sites is 2. The molecule has 2 aromatic heterocycles. The van der Waals surface area contributed by atoms with E-state index in [-0.39, 0.29) is 5.57 Å². The molecule has 8 heteroatoms. The first-order valence-corrected chi connectivity index (χ1v) is 10.3. The number of rotatable bonds is 8. The van der Waals surface area contributed by atoms with Gasteiger partial charge in [-0.25, -0.2) is 4.68 Å². The summed E-state index contributed by atoms with van der Waals surface area (Å²) >= 11 is 0. The monoisotopic (exact) mass is 442 g/mol. The molecule has 2 heterocycles. The number of carbonyl (C=O) groups excluding carboxylic acids is 1. The highest BCUT2D eigenvalue weighted by molar-refractivity contribution is 6.02. The topological polar surface area (TPSA) is 102 Å². The van der Waals surface area contributed by atoms with Crippen LogP contribution in [0.1, 0.15) is 5.56 Å². The van der Waals surface area contributed by atoms with Crippen molar-refractivity contribution in [3.63, 3.8) is 0 Å². The Labute approximate surface area is 190 Å². The van der Waals surface area contributed by atoms with Gasteiger partial charge >= 0.3 is 0 Å². The maximum atomic E-state index is 12.5. The van der Waals surface area contributed by atoms with Crippen LogP contribution in [0.2, 0.25) is 0 Å². The molecule has 0 radical (unpaired) electrons. The van der Waals surface area contributed by atoms with E-state index in [2.05, 4.69) is 5.32 Å². The number of fused-ring (bicyclic) bond motifs is 1. The number of ether oxygens (including phenoxy) is 2. The fourth-order valence-electron chi connectivity index (χ4n) is 3.38. The number of amides is 1. The second kappa shape index (κ2) is 9.85. The number of aromatic nitrogens is 2. The predicted octanol–water partition coefficient (Wildman–Crippen LogP) is 3.96. The van der Waals surface area contributed by atoms with Gasteiger partial charge in [0.25, 0.3) is 5.91 Å². The highest BCUT2D eigenvalue weighted by Crippen LogP contribution is 2.35. The van der Waals surface area contributed by atoms with Gasteiger partial charge in [-0.3, -0.25) is 4.79 Å². The molecule has 0 aliphatic carbocycles. The highest BCUT2D eigenvalue weighted by atomic mass is 16.5. The van der Waals surface area contributed by atoms with Crippen molar-refractivity contribution in [3.8, 4) is 29.0 Å². The van der Waals surface area contributed by atoms with E-state index in [1.807, 2.05) is 60.7 Å². The first-order valence-electron chi connectivity index (χ1n) is 10.3. The molecular formula is C25H22N4O4. The Bertz CT molecular complexity index is 1350. The molecular weight excluding hydrogens is 420 g/mol. The van der Waals surface area contributed by atoms with Crippen LogP contribution in [-0.4, -0.2) is 43.1 Å². The summed E-state index contributed by atoms with van der Waals surface area (Å²) in [5, 5.41) is 17.8. The van der Waals surface area contributed by atoms with Crippen LogP contribution in [0.5, 0.6) is 5.75 Å². The van der Waals surface area contributed by atoms with Crippen LogP contribution in [0.4, 0.5) is 0 Å². The third-order valence-electron chi connectivity index (χ3n) is 4.98. The van der Waals surface area contributed by atoms with Gasteiger partial charge in [-0.2, -0.15) is 10.4 Å². The molecule has 2 aromatic carbocycles. The maximum Gasteiger partial charge on any atom is 0.262 e. The molecule has 0 fully saturated rings. The molecule has 0 spiro atoms. The average molecular weight is 442 g/mol. The van der Waals surface area contributed by atoms with Crippen LogP contribution in [-0.2, 0) is 9.53 Å². The quantitative estimate of drug-likeness (QED) is 0.252. The maximum absolute atomic E-state index is 12.5. The predicted molar refractivity (Wildman–Crippen MR) is 124 cm³/mol. The Kier molecular flexibility index (Phi) is 6.53. The van der Waals surface area contributed by atoms with Crippen molar-refractivity contribution in [2.24, 2.45) is 0 Å². The lowest BCUT2D eigenvalue weighted by molar-refractivity contribution is -0.117. The molecule has 0 saturated carbocycles.